The lowest BCUT2D eigenvalue weighted by Crippen LogP contribution is -3.14. The van der Waals surface area contributed by atoms with Gasteiger partial charge in [0.25, 0.3) is 5.82 Å². The van der Waals surface area contributed by atoms with Gasteiger partial charge in [-0.05, 0) is 43.7 Å². The van der Waals surface area contributed by atoms with E-state index in [-0.39, 0.29) is 0 Å². The van der Waals surface area contributed by atoms with Crippen LogP contribution in [-0.2, 0) is 19.3 Å². The number of piperazine rings is 1. The maximum absolute atomic E-state index is 9.76. The molecule has 118 valence electrons. The van der Waals surface area contributed by atoms with Crippen molar-refractivity contribution in [3.8, 4) is 6.07 Å². The van der Waals surface area contributed by atoms with E-state index in [9.17, 15) is 5.26 Å². The summed E-state index contributed by atoms with van der Waals surface area (Å²) in [4.78, 5) is 7.72. The molecule has 0 bridgehead atoms. The van der Waals surface area contributed by atoms with Gasteiger partial charge < -0.3 is 4.90 Å². The van der Waals surface area contributed by atoms with Gasteiger partial charge in [0.2, 0.25) is 0 Å². The summed E-state index contributed by atoms with van der Waals surface area (Å²) in [5, 5.41) is 9.76. The van der Waals surface area contributed by atoms with E-state index >= 15 is 0 Å². The molecule has 2 heterocycles. The predicted molar refractivity (Wildman–Crippen MR) is 87.2 cm³/mol. The number of quaternary nitrogens is 1. The second-order valence-electron chi connectivity index (χ2n) is 6.55. The standard InChI is InChI=1S/C18H26N4/c1-3-17-15-8-6-5-7-14(15)16(13-19)18(20-17)22-11-9-21(4-2)10-12-22/h3-12H2,1-2H3/p+2. The van der Waals surface area contributed by atoms with Crippen molar-refractivity contribution in [2.75, 3.05) is 37.6 Å². The summed E-state index contributed by atoms with van der Waals surface area (Å²) >= 11 is 0. The first kappa shape index (κ1) is 15.3. The van der Waals surface area contributed by atoms with Crippen LogP contribution in [0.5, 0.6) is 0 Å². The van der Waals surface area contributed by atoms with Gasteiger partial charge in [-0.2, -0.15) is 5.26 Å². The van der Waals surface area contributed by atoms with Gasteiger partial charge in [0.1, 0.15) is 43.5 Å². The zero-order valence-electron chi connectivity index (χ0n) is 14.0. The van der Waals surface area contributed by atoms with Gasteiger partial charge in [0, 0.05) is 6.42 Å². The van der Waals surface area contributed by atoms with E-state index in [0.29, 0.717) is 0 Å². The molecular formula is C18H28N4+2. The summed E-state index contributed by atoms with van der Waals surface area (Å²) in [5.41, 5.74) is 5.05. The molecule has 1 saturated heterocycles. The summed E-state index contributed by atoms with van der Waals surface area (Å²) in [6.45, 7) is 10.1. The Morgan fingerprint density at radius 1 is 1.14 bits per heavy atom. The first-order valence-electron chi connectivity index (χ1n) is 8.87. The highest BCUT2D eigenvalue weighted by molar-refractivity contribution is 5.58. The minimum atomic E-state index is 0.923. The fourth-order valence-electron chi connectivity index (χ4n) is 4.00. The molecule has 0 saturated carbocycles. The zero-order valence-corrected chi connectivity index (χ0v) is 14.0. The van der Waals surface area contributed by atoms with Crippen LogP contribution in [0.25, 0.3) is 0 Å². The van der Waals surface area contributed by atoms with Crippen molar-refractivity contribution in [1.82, 2.24) is 0 Å². The first-order chi connectivity index (χ1) is 10.8. The summed E-state index contributed by atoms with van der Waals surface area (Å²) in [6.07, 6.45) is 5.73. The quantitative estimate of drug-likeness (QED) is 0.885. The van der Waals surface area contributed by atoms with Crippen molar-refractivity contribution in [2.24, 2.45) is 0 Å². The molecule has 1 aliphatic heterocycles. The van der Waals surface area contributed by atoms with Crippen molar-refractivity contribution in [3.05, 3.63) is 22.4 Å². The molecule has 0 aromatic carbocycles. The largest absolute Gasteiger partial charge is 0.329 e. The fourth-order valence-corrected chi connectivity index (χ4v) is 4.00. The Kier molecular flexibility index (Phi) is 4.63. The van der Waals surface area contributed by atoms with Crippen molar-refractivity contribution < 1.29 is 9.88 Å². The van der Waals surface area contributed by atoms with E-state index in [1.165, 1.54) is 49.3 Å². The molecule has 4 nitrogen and oxygen atoms in total. The highest BCUT2D eigenvalue weighted by Crippen LogP contribution is 2.30. The van der Waals surface area contributed by atoms with Gasteiger partial charge in [0.15, 0.2) is 0 Å². The number of likely N-dealkylation sites (N-methyl/N-ethyl adjacent to an activating group) is 1. The van der Waals surface area contributed by atoms with Crippen molar-refractivity contribution in [1.29, 1.82) is 5.26 Å². The molecule has 1 fully saturated rings. The number of aryl methyl sites for hydroxylation is 1. The molecule has 0 atom stereocenters. The van der Waals surface area contributed by atoms with Crippen molar-refractivity contribution in [2.45, 2.75) is 46.0 Å². The Morgan fingerprint density at radius 2 is 1.82 bits per heavy atom. The maximum Gasteiger partial charge on any atom is 0.293 e. The number of aromatic nitrogens is 1. The molecule has 0 spiro atoms. The number of hydrogen-bond donors (Lipinski definition) is 1. The normalized spacial score (nSPS) is 18.9. The molecule has 2 N–H and O–H groups in total. The van der Waals surface area contributed by atoms with E-state index in [0.717, 1.165) is 43.7 Å². The van der Waals surface area contributed by atoms with E-state index in [4.69, 9.17) is 0 Å². The maximum atomic E-state index is 9.76. The molecule has 1 aromatic heterocycles. The van der Waals surface area contributed by atoms with Crippen LogP contribution in [0, 0.1) is 11.3 Å². The average Bonchev–Trinajstić information content (AvgIpc) is 2.60. The zero-order chi connectivity index (χ0) is 15.5. The minimum absolute atomic E-state index is 0.923. The average molecular weight is 300 g/mol. The van der Waals surface area contributed by atoms with Crippen LogP contribution in [-0.4, -0.2) is 32.7 Å². The Balaban J connectivity index is 1.99. The Hall–Kier alpha value is -1.60. The second-order valence-corrected chi connectivity index (χ2v) is 6.55. The number of hydrogen-bond acceptors (Lipinski definition) is 2. The van der Waals surface area contributed by atoms with Crippen LogP contribution in [0.1, 0.15) is 49.1 Å². The molecule has 1 aromatic rings. The first-order valence-corrected chi connectivity index (χ1v) is 8.87. The monoisotopic (exact) mass is 300 g/mol. The van der Waals surface area contributed by atoms with Crippen LogP contribution < -0.4 is 14.8 Å². The third-order valence-corrected chi connectivity index (χ3v) is 5.39. The number of nitrogens with one attached hydrogen (secondary N) is 2. The summed E-state index contributed by atoms with van der Waals surface area (Å²) in [6, 6.07) is 2.52. The minimum Gasteiger partial charge on any atom is -0.329 e. The lowest BCUT2D eigenvalue weighted by Gasteiger charge is -2.29. The molecule has 0 unspecified atom stereocenters. The number of anilines is 1. The highest BCUT2D eigenvalue weighted by Gasteiger charge is 2.32. The van der Waals surface area contributed by atoms with E-state index in [2.05, 4.69) is 29.8 Å². The molecule has 4 heteroatoms. The number of nitrogens with zero attached hydrogens (tertiary/aromatic N) is 2. The lowest BCUT2D eigenvalue weighted by atomic mass is 9.87. The summed E-state index contributed by atoms with van der Waals surface area (Å²) in [7, 11) is 0. The summed E-state index contributed by atoms with van der Waals surface area (Å²) in [5.74, 6) is 1.09. The third kappa shape index (κ3) is 2.70. The number of H-pyrrole nitrogens is 1. The smallest absolute Gasteiger partial charge is 0.293 e. The van der Waals surface area contributed by atoms with Gasteiger partial charge in [0.05, 0.1) is 6.54 Å². The van der Waals surface area contributed by atoms with Crippen molar-refractivity contribution in [3.63, 3.8) is 0 Å². The molecule has 0 amide bonds. The van der Waals surface area contributed by atoms with Gasteiger partial charge in [-0.25, -0.2) is 9.88 Å². The van der Waals surface area contributed by atoms with E-state index < -0.39 is 0 Å². The Labute approximate surface area is 133 Å². The Bertz CT molecular complexity index is 580. The van der Waals surface area contributed by atoms with E-state index in [1.807, 2.05) is 0 Å². The predicted octanol–water partition coefficient (Wildman–Crippen LogP) is 0.538. The number of rotatable bonds is 3. The molecule has 1 aliphatic carbocycles. The molecular weight excluding hydrogens is 272 g/mol. The number of pyridine rings is 1. The summed E-state index contributed by atoms with van der Waals surface area (Å²) < 4.78 is 0. The van der Waals surface area contributed by atoms with Gasteiger partial charge in [-0.1, -0.05) is 6.92 Å². The molecule has 2 aliphatic rings. The van der Waals surface area contributed by atoms with Crippen LogP contribution >= 0.6 is 0 Å². The second kappa shape index (κ2) is 6.66. The molecule has 22 heavy (non-hydrogen) atoms. The van der Waals surface area contributed by atoms with Gasteiger partial charge in [-0.15, -0.1) is 0 Å². The van der Waals surface area contributed by atoms with Gasteiger partial charge in [-0.3, -0.25) is 0 Å². The SMILES string of the molecule is CCc1[nH+]c(N2CC[NH+](CC)CC2)c(C#N)c2c1CCCC2. The van der Waals surface area contributed by atoms with Crippen LogP contribution in [0.2, 0.25) is 0 Å². The van der Waals surface area contributed by atoms with Gasteiger partial charge >= 0.3 is 0 Å². The van der Waals surface area contributed by atoms with Crippen molar-refractivity contribution >= 4 is 5.82 Å². The number of nitriles is 1. The number of aromatic amines is 1. The van der Waals surface area contributed by atoms with Crippen LogP contribution in [0.3, 0.4) is 0 Å². The third-order valence-electron chi connectivity index (χ3n) is 5.39. The topological polar surface area (TPSA) is 45.6 Å². The number of fused-ring (bicyclic) bond motifs is 1. The molecule has 3 rings (SSSR count). The molecule has 0 radical (unpaired) electrons. The fraction of sp³-hybridized carbons (Fsp3) is 0.667. The van der Waals surface area contributed by atoms with E-state index in [1.54, 1.807) is 4.90 Å². The Morgan fingerprint density at radius 3 is 2.41 bits per heavy atom. The van der Waals surface area contributed by atoms with Crippen LogP contribution in [0.15, 0.2) is 0 Å². The lowest BCUT2D eigenvalue weighted by molar-refractivity contribution is -0.898. The highest BCUT2D eigenvalue weighted by atomic mass is 15.3. The van der Waals surface area contributed by atoms with Crippen LogP contribution in [0.4, 0.5) is 5.82 Å².